The maximum absolute atomic E-state index is 13.0. The molecule has 0 aromatic rings. The molecule has 0 aliphatic rings. The Morgan fingerprint density at radius 2 is 0.477 bits per heavy atom. The summed E-state index contributed by atoms with van der Waals surface area (Å²) in [5.74, 6) is 0.829. The minimum atomic E-state index is -4.95. The van der Waals surface area contributed by atoms with E-state index in [1.807, 2.05) is 0 Å². The second kappa shape index (κ2) is 58.8. The van der Waals surface area contributed by atoms with Crippen LogP contribution < -0.4 is 0 Å². The van der Waals surface area contributed by atoms with E-state index in [1.54, 1.807) is 0 Å². The van der Waals surface area contributed by atoms with E-state index in [9.17, 15) is 43.2 Å². The molecule has 88 heavy (non-hydrogen) atoms. The van der Waals surface area contributed by atoms with Crippen LogP contribution in [0.15, 0.2) is 0 Å². The highest BCUT2D eigenvalue weighted by molar-refractivity contribution is 7.47. The van der Waals surface area contributed by atoms with E-state index in [2.05, 4.69) is 55.4 Å². The third-order valence-electron chi connectivity index (χ3n) is 15.8. The number of carbonyl (C=O) groups excluding carboxylic acids is 4. The van der Waals surface area contributed by atoms with Gasteiger partial charge in [-0.25, -0.2) is 9.13 Å². The molecule has 3 N–H and O–H groups in total. The van der Waals surface area contributed by atoms with Crippen molar-refractivity contribution in [2.24, 2.45) is 23.7 Å². The van der Waals surface area contributed by atoms with Crippen LogP contribution in [-0.4, -0.2) is 96.7 Å². The molecule has 0 aliphatic heterocycles. The van der Waals surface area contributed by atoms with Crippen LogP contribution >= 0.6 is 15.6 Å². The van der Waals surface area contributed by atoms with E-state index in [0.29, 0.717) is 25.7 Å². The fourth-order valence-electron chi connectivity index (χ4n) is 10.3. The minimum Gasteiger partial charge on any atom is -0.462 e. The maximum Gasteiger partial charge on any atom is 0.472 e. The molecule has 19 heteroatoms. The Labute approximate surface area is 537 Å². The van der Waals surface area contributed by atoms with Crippen LogP contribution in [0.5, 0.6) is 0 Å². The molecule has 4 atom stereocenters. The highest BCUT2D eigenvalue weighted by Crippen LogP contribution is 2.45. The van der Waals surface area contributed by atoms with Crippen LogP contribution in [0.1, 0.15) is 338 Å². The summed E-state index contributed by atoms with van der Waals surface area (Å²) in [6.45, 7) is 14.1. The molecule has 0 radical (unpaired) electrons. The number of phosphoric ester groups is 2. The minimum absolute atomic E-state index is 0.104. The van der Waals surface area contributed by atoms with Gasteiger partial charge in [0.15, 0.2) is 12.2 Å². The summed E-state index contributed by atoms with van der Waals surface area (Å²) in [5, 5.41) is 10.6. The molecule has 0 bridgehead atoms. The van der Waals surface area contributed by atoms with Gasteiger partial charge in [-0.15, -0.1) is 0 Å². The Balaban J connectivity index is 5.27. The summed E-state index contributed by atoms with van der Waals surface area (Å²) in [7, 11) is -9.90. The molecule has 522 valence electrons. The van der Waals surface area contributed by atoms with Gasteiger partial charge in [-0.2, -0.15) is 0 Å². The van der Waals surface area contributed by atoms with Gasteiger partial charge in [0, 0.05) is 25.7 Å². The Hall–Kier alpha value is -1.94. The summed E-state index contributed by atoms with van der Waals surface area (Å²) in [6.07, 6.45) is 40.3. The number of hydrogen-bond acceptors (Lipinski definition) is 15. The summed E-state index contributed by atoms with van der Waals surface area (Å²) in [5.41, 5.74) is 0. The average Bonchev–Trinajstić information content (AvgIpc) is 3.67. The SMILES string of the molecule is CC(C)CCCCCCCCCCCC(=O)OC[C@H](COP(=O)(O)OCC(O)COP(=O)(O)OC[C@@H](COC(=O)CCCCCCCCCCCC(C)C)OC(=O)CCCCCCCCCCCC(C)C)OC(=O)CCCCCCCCCCCC(C)C. The van der Waals surface area contributed by atoms with Crippen molar-refractivity contribution in [1.29, 1.82) is 0 Å². The predicted octanol–water partition coefficient (Wildman–Crippen LogP) is 19.3. The lowest BCUT2D eigenvalue weighted by atomic mass is 10.0. The molecular formula is C69H134O17P2. The second-order valence-corrected chi connectivity index (χ2v) is 29.7. The van der Waals surface area contributed by atoms with Crippen LogP contribution in [0.25, 0.3) is 0 Å². The van der Waals surface area contributed by atoms with E-state index in [1.165, 1.54) is 141 Å². The monoisotopic (exact) mass is 1300 g/mol. The Morgan fingerprint density at radius 1 is 0.284 bits per heavy atom. The normalized spacial score (nSPS) is 14.3. The van der Waals surface area contributed by atoms with Gasteiger partial charge < -0.3 is 33.8 Å². The molecule has 0 aliphatic carbocycles. The molecule has 0 saturated heterocycles. The first-order valence-electron chi connectivity index (χ1n) is 35.7. The quantitative estimate of drug-likeness (QED) is 0.0222. The second-order valence-electron chi connectivity index (χ2n) is 26.8. The molecule has 2 unspecified atom stereocenters. The lowest BCUT2D eigenvalue weighted by molar-refractivity contribution is -0.161. The predicted molar refractivity (Wildman–Crippen MR) is 354 cm³/mol. The van der Waals surface area contributed by atoms with E-state index in [-0.39, 0.29) is 25.7 Å². The molecule has 17 nitrogen and oxygen atoms in total. The van der Waals surface area contributed by atoms with Crippen molar-refractivity contribution in [3.63, 3.8) is 0 Å². The molecule has 0 aromatic carbocycles. The first-order valence-corrected chi connectivity index (χ1v) is 38.7. The molecule has 0 saturated carbocycles. The van der Waals surface area contributed by atoms with Gasteiger partial charge in [0.25, 0.3) is 0 Å². The molecule has 0 spiro atoms. The number of aliphatic hydroxyl groups is 1. The van der Waals surface area contributed by atoms with Crippen LogP contribution in [0.4, 0.5) is 0 Å². The smallest absolute Gasteiger partial charge is 0.462 e. The van der Waals surface area contributed by atoms with Crippen molar-refractivity contribution >= 4 is 39.5 Å². The number of aliphatic hydroxyl groups excluding tert-OH is 1. The van der Waals surface area contributed by atoms with Gasteiger partial charge in [-0.05, 0) is 49.4 Å². The third-order valence-corrected chi connectivity index (χ3v) is 17.7. The van der Waals surface area contributed by atoms with E-state index >= 15 is 0 Å². The lowest BCUT2D eigenvalue weighted by Crippen LogP contribution is -2.30. The van der Waals surface area contributed by atoms with Gasteiger partial charge in [0.1, 0.15) is 19.3 Å². The number of hydrogen-bond donors (Lipinski definition) is 3. The van der Waals surface area contributed by atoms with Crippen LogP contribution in [0.2, 0.25) is 0 Å². The fourth-order valence-corrected chi connectivity index (χ4v) is 11.9. The Bertz CT molecular complexity index is 1630. The summed E-state index contributed by atoms with van der Waals surface area (Å²) in [4.78, 5) is 72.5. The number of phosphoric acid groups is 2. The highest BCUT2D eigenvalue weighted by Gasteiger charge is 2.30. The Morgan fingerprint density at radius 3 is 0.705 bits per heavy atom. The topological polar surface area (TPSA) is 237 Å². The molecule has 0 amide bonds. The largest absolute Gasteiger partial charge is 0.472 e. The zero-order chi connectivity index (χ0) is 65.4. The zero-order valence-electron chi connectivity index (χ0n) is 57.3. The van der Waals surface area contributed by atoms with Crippen molar-refractivity contribution in [2.45, 2.75) is 356 Å². The van der Waals surface area contributed by atoms with Crippen molar-refractivity contribution in [1.82, 2.24) is 0 Å². The van der Waals surface area contributed by atoms with Crippen LogP contribution in [0.3, 0.4) is 0 Å². The molecular weight excluding hydrogens is 1160 g/mol. The summed E-state index contributed by atoms with van der Waals surface area (Å²) in [6, 6.07) is 0. The summed E-state index contributed by atoms with van der Waals surface area (Å²) >= 11 is 0. The van der Waals surface area contributed by atoms with Gasteiger partial charge in [0.2, 0.25) is 0 Å². The fraction of sp³-hybridized carbons (Fsp3) is 0.942. The maximum atomic E-state index is 13.0. The average molecular weight is 1300 g/mol. The van der Waals surface area contributed by atoms with E-state index < -0.39 is 97.5 Å². The van der Waals surface area contributed by atoms with Crippen LogP contribution in [0, 0.1) is 23.7 Å². The molecule has 0 rings (SSSR count). The van der Waals surface area contributed by atoms with Crippen molar-refractivity contribution in [3.8, 4) is 0 Å². The highest BCUT2D eigenvalue weighted by atomic mass is 31.2. The van der Waals surface area contributed by atoms with E-state index in [0.717, 1.165) is 114 Å². The number of rotatable bonds is 66. The number of ether oxygens (including phenoxy) is 4. The van der Waals surface area contributed by atoms with Gasteiger partial charge in [-0.1, -0.05) is 287 Å². The lowest BCUT2D eigenvalue weighted by Gasteiger charge is -2.21. The van der Waals surface area contributed by atoms with Gasteiger partial charge >= 0.3 is 39.5 Å². The van der Waals surface area contributed by atoms with Crippen molar-refractivity contribution < 1.29 is 80.2 Å². The Kier molecular flexibility index (Phi) is 57.6. The van der Waals surface area contributed by atoms with Crippen LogP contribution in [-0.2, 0) is 65.4 Å². The van der Waals surface area contributed by atoms with Crippen molar-refractivity contribution in [3.05, 3.63) is 0 Å². The first-order chi connectivity index (χ1) is 42.1. The number of esters is 4. The molecule has 0 heterocycles. The third kappa shape index (κ3) is 62.8. The molecule has 0 fully saturated rings. The van der Waals surface area contributed by atoms with E-state index in [4.69, 9.17) is 37.0 Å². The zero-order valence-corrected chi connectivity index (χ0v) is 59.1. The van der Waals surface area contributed by atoms with Gasteiger partial charge in [-0.3, -0.25) is 37.3 Å². The number of carbonyl (C=O) groups is 4. The standard InChI is InChI=1S/C69H134O17P2/c1-59(2)45-37-29-21-13-9-17-25-33-41-49-66(71)79-55-64(85-68(73)51-43-35-27-19-11-15-23-31-39-47-61(5)6)57-83-87(75,76)81-53-63(70)54-82-88(77,78)84-58-65(86-69(74)52-44-36-28-20-12-16-24-32-40-48-62(7)8)56-80-67(72)50-42-34-26-18-10-14-22-30-38-46-60(3)4/h59-65,70H,9-58H2,1-8H3,(H,75,76)(H,77,78)/t64-,65-/m1/s1. The van der Waals surface area contributed by atoms with Gasteiger partial charge in [0.05, 0.1) is 26.4 Å². The molecule has 0 aromatic heterocycles. The van der Waals surface area contributed by atoms with Crippen molar-refractivity contribution in [2.75, 3.05) is 39.6 Å². The number of unbranched alkanes of at least 4 members (excludes halogenated alkanes) is 32. The first kappa shape index (κ1) is 86.1. The summed E-state index contributed by atoms with van der Waals surface area (Å²) < 4.78 is 68.2.